The number of likely N-dealkylation sites (tertiary alicyclic amines) is 2. The molecule has 2 aliphatic heterocycles. The fraction of sp³-hybridized carbons (Fsp3) is 0.684. The summed E-state index contributed by atoms with van der Waals surface area (Å²) in [5.74, 6) is 1.88. The molecule has 0 radical (unpaired) electrons. The maximum absolute atomic E-state index is 12.7. The van der Waals surface area contributed by atoms with E-state index in [4.69, 9.17) is 0 Å². The summed E-state index contributed by atoms with van der Waals surface area (Å²) in [6.45, 7) is 6.23. The van der Waals surface area contributed by atoms with Gasteiger partial charge in [0.25, 0.3) is 0 Å². The van der Waals surface area contributed by atoms with E-state index < -0.39 is 0 Å². The van der Waals surface area contributed by atoms with Crippen LogP contribution in [0.1, 0.15) is 32.6 Å². The van der Waals surface area contributed by atoms with Gasteiger partial charge < -0.3 is 15.1 Å². The lowest BCUT2D eigenvalue weighted by molar-refractivity contribution is -0.133. The molecule has 2 aliphatic rings. The van der Waals surface area contributed by atoms with Crippen molar-refractivity contribution in [3.8, 4) is 0 Å². The van der Waals surface area contributed by atoms with Crippen molar-refractivity contribution in [1.82, 2.24) is 14.8 Å². The molecule has 1 aromatic heterocycles. The topological polar surface area (TPSA) is 48.5 Å². The van der Waals surface area contributed by atoms with Crippen molar-refractivity contribution in [2.24, 2.45) is 11.8 Å². The van der Waals surface area contributed by atoms with Crippen LogP contribution in [0.3, 0.4) is 0 Å². The Morgan fingerprint density at radius 2 is 1.79 bits per heavy atom. The zero-order valence-corrected chi connectivity index (χ0v) is 14.9. The van der Waals surface area contributed by atoms with Crippen molar-refractivity contribution in [1.29, 1.82) is 0 Å². The van der Waals surface area contributed by atoms with Crippen LogP contribution in [0.5, 0.6) is 0 Å². The number of piperidine rings is 2. The minimum absolute atomic E-state index is 0.200. The largest absolute Gasteiger partial charge is 0.373 e. The van der Waals surface area contributed by atoms with Crippen molar-refractivity contribution in [3.05, 3.63) is 24.5 Å². The van der Waals surface area contributed by atoms with Crippen LogP contribution >= 0.6 is 0 Å². The van der Waals surface area contributed by atoms with E-state index in [9.17, 15) is 4.79 Å². The lowest BCUT2D eigenvalue weighted by atomic mass is 9.79. The quantitative estimate of drug-likeness (QED) is 0.921. The van der Waals surface area contributed by atoms with Crippen molar-refractivity contribution >= 4 is 11.6 Å². The molecule has 5 nitrogen and oxygen atoms in total. The average Bonchev–Trinajstić information content (AvgIpc) is 2.63. The first kappa shape index (κ1) is 17.2. The number of carbonyl (C=O) groups excluding carboxylic acids is 1. The van der Waals surface area contributed by atoms with Gasteiger partial charge in [0, 0.05) is 25.5 Å². The summed E-state index contributed by atoms with van der Waals surface area (Å²) in [6.07, 6.45) is 8.49. The van der Waals surface area contributed by atoms with Gasteiger partial charge in [-0.15, -0.1) is 0 Å². The Morgan fingerprint density at radius 3 is 2.38 bits per heavy atom. The van der Waals surface area contributed by atoms with Crippen LogP contribution in [-0.2, 0) is 4.79 Å². The molecule has 0 aliphatic carbocycles. The van der Waals surface area contributed by atoms with Gasteiger partial charge in [-0.1, -0.05) is 0 Å². The Hall–Kier alpha value is -1.62. The highest BCUT2D eigenvalue weighted by Crippen LogP contribution is 2.32. The van der Waals surface area contributed by atoms with E-state index in [0.717, 1.165) is 30.6 Å². The van der Waals surface area contributed by atoms with E-state index in [2.05, 4.69) is 22.2 Å². The standard InChI is InChI=1S/C19H30N4O/c1-15(21-18-4-3-9-20-14-18)19(24)23-12-7-17(8-13-23)16-5-10-22(2)11-6-16/h3-4,9,14-17,21H,5-8,10-13H2,1-2H3/t15-/m1/s1. The van der Waals surface area contributed by atoms with Gasteiger partial charge in [-0.3, -0.25) is 9.78 Å². The first-order chi connectivity index (χ1) is 11.6. The molecular weight excluding hydrogens is 300 g/mol. The molecule has 2 fully saturated rings. The zero-order valence-electron chi connectivity index (χ0n) is 14.9. The third-order valence-corrected chi connectivity index (χ3v) is 5.70. The first-order valence-corrected chi connectivity index (χ1v) is 9.27. The second-order valence-electron chi connectivity index (χ2n) is 7.41. The summed E-state index contributed by atoms with van der Waals surface area (Å²) >= 11 is 0. The molecule has 5 heteroatoms. The Morgan fingerprint density at radius 1 is 1.17 bits per heavy atom. The number of nitrogens with zero attached hydrogens (tertiary/aromatic N) is 3. The average molecular weight is 330 g/mol. The molecule has 0 spiro atoms. The number of rotatable bonds is 4. The lowest BCUT2D eigenvalue weighted by Gasteiger charge is -2.40. The zero-order chi connectivity index (χ0) is 16.9. The van der Waals surface area contributed by atoms with Gasteiger partial charge in [-0.05, 0) is 76.7 Å². The van der Waals surface area contributed by atoms with Gasteiger partial charge in [0.05, 0.1) is 5.69 Å². The van der Waals surface area contributed by atoms with Crippen LogP contribution in [-0.4, -0.2) is 60.0 Å². The van der Waals surface area contributed by atoms with E-state index in [1.54, 1.807) is 12.4 Å². The lowest BCUT2D eigenvalue weighted by Crippen LogP contribution is -2.47. The van der Waals surface area contributed by atoms with Crippen LogP contribution in [0.2, 0.25) is 0 Å². The summed E-state index contributed by atoms with van der Waals surface area (Å²) in [4.78, 5) is 21.2. The van der Waals surface area contributed by atoms with Crippen molar-refractivity contribution in [3.63, 3.8) is 0 Å². The van der Waals surface area contributed by atoms with Gasteiger partial charge in [0.2, 0.25) is 5.91 Å². The smallest absolute Gasteiger partial charge is 0.244 e. The van der Waals surface area contributed by atoms with E-state index in [1.807, 2.05) is 24.0 Å². The molecule has 1 N–H and O–H groups in total. The molecule has 1 amide bonds. The summed E-state index contributed by atoms with van der Waals surface area (Å²) in [6, 6.07) is 3.63. The van der Waals surface area contributed by atoms with Gasteiger partial charge in [-0.2, -0.15) is 0 Å². The SMILES string of the molecule is C[C@@H](Nc1cccnc1)C(=O)N1CCC(C2CCN(C)CC2)CC1. The molecule has 3 rings (SSSR count). The fourth-order valence-electron chi connectivity index (χ4n) is 4.12. The highest BCUT2D eigenvalue weighted by atomic mass is 16.2. The Labute approximate surface area is 145 Å². The van der Waals surface area contributed by atoms with Crippen LogP contribution in [0.25, 0.3) is 0 Å². The number of amides is 1. The van der Waals surface area contributed by atoms with Gasteiger partial charge in [0.15, 0.2) is 0 Å². The van der Waals surface area contributed by atoms with Crippen LogP contribution < -0.4 is 5.32 Å². The van der Waals surface area contributed by atoms with E-state index in [-0.39, 0.29) is 11.9 Å². The molecule has 0 aromatic carbocycles. The molecule has 0 saturated carbocycles. The first-order valence-electron chi connectivity index (χ1n) is 9.27. The normalized spacial score (nSPS) is 22.3. The summed E-state index contributed by atoms with van der Waals surface area (Å²) in [7, 11) is 2.22. The maximum atomic E-state index is 12.7. The molecule has 132 valence electrons. The third kappa shape index (κ3) is 4.26. The predicted molar refractivity (Wildman–Crippen MR) is 96.8 cm³/mol. The molecule has 1 atom stereocenters. The van der Waals surface area contributed by atoms with Crippen LogP contribution in [0.4, 0.5) is 5.69 Å². The summed E-state index contributed by atoms with van der Waals surface area (Å²) in [5.41, 5.74) is 0.902. The molecular formula is C19H30N4O. The minimum atomic E-state index is -0.200. The minimum Gasteiger partial charge on any atom is -0.373 e. The van der Waals surface area contributed by atoms with Gasteiger partial charge in [-0.25, -0.2) is 0 Å². The van der Waals surface area contributed by atoms with E-state index in [0.29, 0.717) is 0 Å². The number of nitrogens with one attached hydrogen (secondary N) is 1. The number of hydrogen-bond donors (Lipinski definition) is 1. The number of carbonyl (C=O) groups is 1. The summed E-state index contributed by atoms with van der Waals surface area (Å²) < 4.78 is 0. The van der Waals surface area contributed by atoms with Gasteiger partial charge >= 0.3 is 0 Å². The van der Waals surface area contributed by atoms with E-state index in [1.165, 1.54) is 38.8 Å². The number of aromatic nitrogens is 1. The third-order valence-electron chi connectivity index (χ3n) is 5.70. The highest BCUT2D eigenvalue weighted by molar-refractivity contribution is 5.84. The molecule has 3 heterocycles. The Bertz CT molecular complexity index is 519. The van der Waals surface area contributed by atoms with Gasteiger partial charge in [0.1, 0.15) is 6.04 Å². The molecule has 24 heavy (non-hydrogen) atoms. The van der Waals surface area contributed by atoms with Crippen LogP contribution in [0, 0.1) is 11.8 Å². The van der Waals surface area contributed by atoms with Crippen molar-refractivity contribution in [2.75, 3.05) is 38.5 Å². The maximum Gasteiger partial charge on any atom is 0.244 e. The predicted octanol–water partition coefficient (Wildman–Crippen LogP) is 2.46. The number of hydrogen-bond acceptors (Lipinski definition) is 4. The highest BCUT2D eigenvalue weighted by Gasteiger charge is 2.31. The Kier molecular flexibility index (Phi) is 5.72. The monoisotopic (exact) mass is 330 g/mol. The number of pyridine rings is 1. The van der Waals surface area contributed by atoms with E-state index >= 15 is 0 Å². The summed E-state index contributed by atoms with van der Waals surface area (Å²) in [5, 5.41) is 3.26. The fourth-order valence-corrected chi connectivity index (χ4v) is 4.12. The number of anilines is 1. The molecule has 1 aromatic rings. The second kappa shape index (κ2) is 7.97. The van der Waals surface area contributed by atoms with Crippen molar-refractivity contribution in [2.45, 2.75) is 38.6 Å². The molecule has 0 unspecified atom stereocenters. The molecule has 2 saturated heterocycles. The molecule has 0 bridgehead atoms. The second-order valence-corrected chi connectivity index (χ2v) is 7.41. The Balaban J connectivity index is 1.46. The van der Waals surface area contributed by atoms with Crippen LogP contribution in [0.15, 0.2) is 24.5 Å². The van der Waals surface area contributed by atoms with Crippen molar-refractivity contribution < 1.29 is 4.79 Å².